The van der Waals surface area contributed by atoms with Crippen LogP contribution in [0, 0.1) is 12.8 Å². The number of halogens is 1. The molecule has 5 rings (SSSR count). The molecule has 1 aliphatic rings. The van der Waals surface area contributed by atoms with E-state index in [1.54, 1.807) is 0 Å². The number of amides is 1. The fourth-order valence-corrected chi connectivity index (χ4v) is 5.87. The first-order chi connectivity index (χ1) is 18.4. The van der Waals surface area contributed by atoms with Gasteiger partial charge in [0.05, 0.1) is 0 Å². The predicted octanol–water partition coefficient (Wildman–Crippen LogP) is 8.31. The van der Waals surface area contributed by atoms with Gasteiger partial charge in [-0.3, -0.25) is 4.79 Å². The molecule has 4 nitrogen and oxygen atoms in total. The number of likely N-dealkylation sites (tertiary alicyclic amines) is 1. The highest BCUT2D eigenvalue weighted by Crippen LogP contribution is 2.33. The Labute approximate surface area is 235 Å². The molecule has 4 aromatic rings. The van der Waals surface area contributed by atoms with Crippen LogP contribution in [0.4, 0.5) is 5.69 Å². The number of carbonyl (C=O) groups excluding carboxylic acids is 1. The zero-order valence-corrected chi connectivity index (χ0v) is 24.3. The molecule has 1 aromatic heterocycles. The van der Waals surface area contributed by atoms with Crippen LogP contribution in [0.15, 0.2) is 71.2 Å². The Morgan fingerprint density at radius 2 is 1.82 bits per heavy atom. The fourth-order valence-electron chi connectivity index (χ4n) is 5.61. The quantitative estimate of drug-likeness (QED) is 0.223. The summed E-state index contributed by atoms with van der Waals surface area (Å²) in [5.74, 6) is 0.620. The van der Waals surface area contributed by atoms with Gasteiger partial charge in [-0.1, -0.05) is 65.7 Å². The number of H-pyrrole nitrogens is 1. The van der Waals surface area contributed by atoms with Crippen molar-refractivity contribution in [1.29, 1.82) is 0 Å². The molecule has 1 fully saturated rings. The highest BCUT2D eigenvalue weighted by atomic mass is 79.9. The summed E-state index contributed by atoms with van der Waals surface area (Å²) in [5.41, 5.74) is 8.71. The van der Waals surface area contributed by atoms with E-state index in [4.69, 9.17) is 0 Å². The Balaban J connectivity index is 1.21. The van der Waals surface area contributed by atoms with Crippen LogP contribution in [0.3, 0.4) is 0 Å². The van der Waals surface area contributed by atoms with Crippen LogP contribution < -0.4 is 5.32 Å². The van der Waals surface area contributed by atoms with Crippen molar-refractivity contribution >= 4 is 38.4 Å². The number of piperidine rings is 1. The molecule has 2 heterocycles. The summed E-state index contributed by atoms with van der Waals surface area (Å²) in [6, 6.07) is 23.8. The molecule has 0 aliphatic carbocycles. The van der Waals surface area contributed by atoms with Crippen molar-refractivity contribution in [2.75, 3.05) is 25.0 Å². The Morgan fingerprint density at radius 3 is 2.55 bits per heavy atom. The van der Waals surface area contributed by atoms with Crippen LogP contribution in [0.25, 0.3) is 22.2 Å². The average Bonchev–Trinajstić information content (AvgIpc) is 3.27. The van der Waals surface area contributed by atoms with Gasteiger partial charge >= 0.3 is 0 Å². The van der Waals surface area contributed by atoms with E-state index in [2.05, 4.69) is 98.7 Å². The molecule has 0 saturated carbocycles. The Morgan fingerprint density at radius 1 is 1.05 bits per heavy atom. The molecule has 5 heteroatoms. The number of hydrogen-bond donors (Lipinski definition) is 2. The molecule has 0 atom stereocenters. The first-order valence-corrected chi connectivity index (χ1v) is 14.7. The number of nitrogens with one attached hydrogen (secondary N) is 2. The van der Waals surface area contributed by atoms with Gasteiger partial charge in [0.15, 0.2) is 0 Å². The molecular weight excluding hydrogens is 534 g/mol. The van der Waals surface area contributed by atoms with Gasteiger partial charge in [0.25, 0.3) is 0 Å². The van der Waals surface area contributed by atoms with E-state index in [1.165, 1.54) is 38.9 Å². The Hall–Kier alpha value is -2.89. The number of aromatic nitrogens is 1. The molecule has 2 N–H and O–H groups in total. The third kappa shape index (κ3) is 6.22. The van der Waals surface area contributed by atoms with Crippen LogP contribution >= 0.6 is 15.9 Å². The molecule has 0 spiro atoms. The van der Waals surface area contributed by atoms with Crippen molar-refractivity contribution in [3.8, 4) is 11.3 Å². The van der Waals surface area contributed by atoms with Crippen molar-refractivity contribution in [2.24, 2.45) is 5.92 Å². The summed E-state index contributed by atoms with van der Waals surface area (Å²) < 4.78 is 1.10. The van der Waals surface area contributed by atoms with Crippen molar-refractivity contribution in [1.82, 2.24) is 9.88 Å². The maximum Gasteiger partial charge on any atom is 0.226 e. The van der Waals surface area contributed by atoms with Crippen LogP contribution in [-0.2, 0) is 11.2 Å². The van der Waals surface area contributed by atoms with E-state index < -0.39 is 0 Å². The van der Waals surface area contributed by atoms with E-state index in [-0.39, 0.29) is 11.8 Å². The summed E-state index contributed by atoms with van der Waals surface area (Å²) in [6.45, 7) is 9.40. The number of anilines is 1. The minimum Gasteiger partial charge on any atom is -0.354 e. The van der Waals surface area contributed by atoms with Gasteiger partial charge < -0.3 is 15.2 Å². The van der Waals surface area contributed by atoms with Crippen LogP contribution in [0.1, 0.15) is 55.7 Å². The van der Waals surface area contributed by atoms with E-state index in [1.807, 2.05) is 19.9 Å². The normalized spacial score (nSPS) is 14.9. The minimum absolute atomic E-state index is 0.0129. The second-order valence-electron chi connectivity index (χ2n) is 11.0. The highest BCUT2D eigenvalue weighted by molar-refractivity contribution is 9.10. The lowest BCUT2D eigenvalue weighted by Crippen LogP contribution is -2.33. The first kappa shape index (κ1) is 26.7. The topological polar surface area (TPSA) is 48.1 Å². The number of benzene rings is 3. The molecule has 38 heavy (non-hydrogen) atoms. The average molecular weight is 573 g/mol. The molecule has 1 saturated heterocycles. The van der Waals surface area contributed by atoms with Crippen molar-refractivity contribution < 1.29 is 4.79 Å². The molecule has 198 valence electrons. The van der Waals surface area contributed by atoms with Crippen LogP contribution in [-0.4, -0.2) is 35.4 Å². The number of fused-ring (bicyclic) bond motifs is 1. The number of carbonyl (C=O) groups is 1. The van der Waals surface area contributed by atoms with Gasteiger partial charge in [-0.05, 0) is 111 Å². The lowest BCUT2D eigenvalue weighted by molar-refractivity contribution is -0.118. The smallest absolute Gasteiger partial charge is 0.226 e. The molecule has 1 aliphatic heterocycles. The first-order valence-electron chi connectivity index (χ1n) is 13.9. The molecule has 0 unspecified atom stereocenters. The zero-order valence-electron chi connectivity index (χ0n) is 22.7. The maximum atomic E-state index is 12.1. The van der Waals surface area contributed by atoms with Gasteiger partial charge in [-0.15, -0.1) is 0 Å². The second kappa shape index (κ2) is 11.9. The maximum absolute atomic E-state index is 12.1. The fraction of sp³-hybridized carbons (Fsp3) is 0.364. The van der Waals surface area contributed by atoms with Crippen molar-refractivity contribution in [3.63, 3.8) is 0 Å². The molecule has 0 bridgehead atoms. The highest BCUT2D eigenvalue weighted by Gasteiger charge is 2.21. The minimum atomic E-state index is -0.0129. The lowest BCUT2D eigenvalue weighted by Gasteiger charge is -2.32. The number of hydrogen-bond acceptors (Lipinski definition) is 2. The third-order valence-corrected chi connectivity index (χ3v) is 8.36. The molecule has 3 aromatic carbocycles. The number of aryl methyl sites for hydroxylation is 2. The second-order valence-corrected chi connectivity index (χ2v) is 11.9. The summed E-state index contributed by atoms with van der Waals surface area (Å²) >= 11 is 3.57. The standard InChI is InChI=1S/C33H38BrN3O/c1-22(2)33(38)35-28-7-4-6-26(21-28)24-15-18-37(19-16-24)17-5-8-29-30-20-23(3)9-14-31(30)36-32(29)25-10-12-27(34)13-11-25/h4,6-7,9-14,20-22,24,36H,5,8,15-19H2,1-3H3,(H,35,38). The molecule has 1 amide bonds. The largest absolute Gasteiger partial charge is 0.354 e. The summed E-state index contributed by atoms with van der Waals surface area (Å²) in [5, 5.41) is 4.40. The predicted molar refractivity (Wildman–Crippen MR) is 163 cm³/mol. The summed E-state index contributed by atoms with van der Waals surface area (Å²) in [7, 11) is 0. The molecular formula is C33H38BrN3O. The Bertz CT molecular complexity index is 1400. The number of nitrogens with zero attached hydrogens (tertiary/aromatic N) is 1. The van der Waals surface area contributed by atoms with Crippen LogP contribution in [0.5, 0.6) is 0 Å². The SMILES string of the molecule is Cc1ccc2[nH]c(-c3ccc(Br)cc3)c(CCCN3CCC(c4cccc(NC(=O)C(C)C)c4)CC3)c2c1. The monoisotopic (exact) mass is 571 g/mol. The van der Waals surface area contributed by atoms with Gasteiger partial charge in [0.1, 0.15) is 0 Å². The van der Waals surface area contributed by atoms with E-state index in [0.717, 1.165) is 55.5 Å². The van der Waals surface area contributed by atoms with E-state index in [0.29, 0.717) is 5.92 Å². The molecule has 0 radical (unpaired) electrons. The third-order valence-electron chi connectivity index (χ3n) is 7.83. The van der Waals surface area contributed by atoms with Crippen LogP contribution in [0.2, 0.25) is 0 Å². The Kier molecular flexibility index (Phi) is 8.35. The van der Waals surface area contributed by atoms with Gasteiger partial charge in [0, 0.05) is 32.7 Å². The summed E-state index contributed by atoms with van der Waals surface area (Å²) in [4.78, 5) is 18.4. The number of aromatic amines is 1. The van der Waals surface area contributed by atoms with Crippen molar-refractivity contribution in [2.45, 2.75) is 52.4 Å². The number of rotatable bonds is 8. The van der Waals surface area contributed by atoms with Gasteiger partial charge in [0.2, 0.25) is 5.91 Å². The van der Waals surface area contributed by atoms with E-state index in [9.17, 15) is 4.79 Å². The zero-order chi connectivity index (χ0) is 26.6. The lowest BCUT2D eigenvalue weighted by atomic mass is 9.89. The van der Waals surface area contributed by atoms with E-state index >= 15 is 0 Å². The van der Waals surface area contributed by atoms with Crippen molar-refractivity contribution in [3.05, 3.63) is 87.9 Å². The van der Waals surface area contributed by atoms with Gasteiger partial charge in [-0.25, -0.2) is 0 Å². The summed E-state index contributed by atoms with van der Waals surface area (Å²) in [6.07, 6.45) is 4.54. The van der Waals surface area contributed by atoms with Gasteiger partial charge in [-0.2, -0.15) is 0 Å².